The SMILES string of the molecule is CN(CCCNC(=O)C1CCNC1)C1CCCCC1.Cl.Cl. The lowest BCUT2D eigenvalue weighted by Gasteiger charge is -2.31. The summed E-state index contributed by atoms with van der Waals surface area (Å²) in [5, 5.41) is 6.31. The fraction of sp³-hybridized carbons (Fsp3) is 0.933. The van der Waals surface area contributed by atoms with Crippen LogP contribution in [-0.4, -0.2) is 50.1 Å². The van der Waals surface area contributed by atoms with Crippen molar-refractivity contribution in [2.75, 3.05) is 33.2 Å². The van der Waals surface area contributed by atoms with E-state index in [2.05, 4.69) is 22.6 Å². The van der Waals surface area contributed by atoms with Gasteiger partial charge in [-0.1, -0.05) is 19.3 Å². The third kappa shape index (κ3) is 7.18. The maximum absolute atomic E-state index is 11.8. The van der Waals surface area contributed by atoms with Crippen LogP contribution in [0.5, 0.6) is 0 Å². The van der Waals surface area contributed by atoms with Crippen LogP contribution in [-0.2, 0) is 4.79 Å². The second-order valence-electron chi connectivity index (χ2n) is 6.11. The Morgan fingerprint density at radius 3 is 2.52 bits per heavy atom. The molecule has 126 valence electrons. The van der Waals surface area contributed by atoms with Crippen LogP contribution >= 0.6 is 24.8 Å². The molecule has 21 heavy (non-hydrogen) atoms. The van der Waals surface area contributed by atoms with Crippen LogP contribution in [0.25, 0.3) is 0 Å². The Morgan fingerprint density at radius 2 is 1.90 bits per heavy atom. The molecule has 2 N–H and O–H groups in total. The summed E-state index contributed by atoms with van der Waals surface area (Å²) in [5.74, 6) is 0.446. The molecular weight excluding hydrogens is 309 g/mol. The molecular formula is C15H31Cl2N3O. The van der Waals surface area contributed by atoms with Crippen molar-refractivity contribution in [3.05, 3.63) is 0 Å². The summed E-state index contributed by atoms with van der Waals surface area (Å²) >= 11 is 0. The Balaban J connectivity index is 0.00000200. The van der Waals surface area contributed by atoms with Gasteiger partial charge in [0.15, 0.2) is 0 Å². The lowest BCUT2D eigenvalue weighted by molar-refractivity contribution is -0.124. The van der Waals surface area contributed by atoms with E-state index in [0.29, 0.717) is 0 Å². The van der Waals surface area contributed by atoms with Crippen molar-refractivity contribution in [3.8, 4) is 0 Å². The number of hydrogen-bond acceptors (Lipinski definition) is 3. The first-order valence-electron chi connectivity index (χ1n) is 7.96. The molecule has 4 nitrogen and oxygen atoms in total. The molecule has 1 aliphatic carbocycles. The number of nitrogens with one attached hydrogen (secondary N) is 2. The van der Waals surface area contributed by atoms with E-state index >= 15 is 0 Å². The molecule has 0 spiro atoms. The van der Waals surface area contributed by atoms with Gasteiger partial charge in [-0.25, -0.2) is 0 Å². The smallest absolute Gasteiger partial charge is 0.224 e. The van der Waals surface area contributed by atoms with Crippen LogP contribution in [0.2, 0.25) is 0 Å². The summed E-state index contributed by atoms with van der Waals surface area (Å²) in [6.07, 6.45) is 8.97. The lowest BCUT2D eigenvalue weighted by atomic mass is 9.94. The molecule has 2 rings (SSSR count). The molecule has 0 aromatic rings. The van der Waals surface area contributed by atoms with E-state index in [1.165, 1.54) is 32.1 Å². The summed E-state index contributed by atoms with van der Waals surface area (Å²) < 4.78 is 0. The normalized spacial score (nSPS) is 22.5. The van der Waals surface area contributed by atoms with E-state index in [9.17, 15) is 4.79 Å². The Morgan fingerprint density at radius 1 is 1.19 bits per heavy atom. The zero-order valence-electron chi connectivity index (χ0n) is 13.1. The maximum Gasteiger partial charge on any atom is 0.224 e. The number of nitrogens with zero attached hydrogens (tertiary/aromatic N) is 1. The second kappa shape index (κ2) is 11.5. The predicted octanol–water partition coefficient (Wildman–Crippen LogP) is 2.21. The van der Waals surface area contributed by atoms with E-state index in [0.717, 1.165) is 45.1 Å². The minimum absolute atomic E-state index is 0. The van der Waals surface area contributed by atoms with E-state index in [1.54, 1.807) is 0 Å². The first kappa shape index (κ1) is 21.0. The Bertz CT molecular complexity index is 280. The molecule has 0 aromatic carbocycles. The summed E-state index contributed by atoms with van der Waals surface area (Å²) in [4.78, 5) is 14.3. The standard InChI is InChI=1S/C15H29N3O.2ClH/c1-18(14-6-3-2-4-7-14)11-5-9-17-15(19)13-8-10-16-12-13;;/h13-14,16H,2-12H2,1H3,(H,17,19);2*1H. The molecule has 2 aliphatic rings. The third-order valence-corrected chi connectivity index (χ3v) is 4.62. The largest absolute Gasteiger partial charge is 0.356 e. The Kier molecular flexibility index (Phi) is 11.5. The highest BCUT2D eigenvalue weighted by atomic mass is 35.5. The highest BCUT2D eigenvalue weighted by molar-refractivity contribution is 5.85. The molecule has 0 aromatic heterocycles. The Labute approximate surface area is 141 Å². The fourth-order valence-corrected chi connectivity index (χ4v) is 3.27. The van der Waals surface area contributed by atoms with Gasteiger partial charge in [0.05, 0.1) is 5.92 Å². The summed E-state index contributed by atoms with van der Waals surface area (Å²) in [5.41, 5.74) is 0. The van der Waals surface area contributed by atoms with Gasteiger partial charge in [-0.3, -0.25) is 4.79 Å². The lowest BCUT2D eigenvalue weighted by Crippen LogP contribution is -2.37. The van der Waals surface area contributed by atoms with E-state index in [-0.39, 0.29) is 36.6 Å². The van der Waals surface area contributed by atoms with Crippen molar-refractivity contribution >= 4 is 30.7 Å². The van der Waals surface area contributed by atoms with Crippen molar-refractivity contribution in [3.63, 3.8) is 0 Å². The van der Waals surface area contributed by atoms with Crippen LogP contribution in [0.15, 0.2) is 0 Å². The zero-order valence-corrected chi connectivity index (χ0v) is 14.7. The van der Waals surface area contributed by atoms with E-state index in [1.807, 2.05) is 0 Å². The van der Waals surface area contributed by atoms with Gasteiger partial charge in [0.2, 0.25) is 5.91 Å². The second-order valence-corrected chi connectivity index (χ2v) is 6.11. The third-order valence-electron chi connectivity index (χ3n) is 4.62. The molecule has 2 fully saturated rings. The molecule has 1 saturated heterocycles. The highest BCUT2D eigenvalue weighted by Gasteiger charge is 2.22. The summed E-state index contributed by atoms with van der Waals surface area (Å²) in [6.45, 7) is 3.77. The average Bonchev–Trinajstić information content (AvgIpc) is 2.98. The van der Waals surface area contributed by atoms with Gasteiger partial charge in [0.1, 0.15) is 0 Å². The first-order valence-corrected chi connectivity index (χ1v) is 7.96. The van der Waals surface area contributed by atoms with Crippen LogP contribution in [0.1, 0.15) is 44.9 Å². The van der Waals surface area contributed by atoms with Crippen molar-refractivity contribution in [2.45, 2.75) is 51.0 Å². The number of halogens is 2. The summed E-state index contributed by atoms with van der Waals surface area (Å²) in [6, 6.07) is 0.781. The van der Waals surface area contributed by atoms with Gasteiger partial charge in [-0.2, -0.15) is 0 Å². The number of hydrogen-bond donors (Lipinski definition) is 2. The molecule has 6 heteroatoms. The maximum atomic E-state index is 11.8. The van der Waals surface area contributed by atoms with E-state index < -0.39 is 0 Å². The fourth-order valence-electron chi connectivity index (χ4n) is 3.27. The van der Waals surface area contributed by atoms with Crippen molar-refractivity contribution in [1.82, 2.24) is 15.5 Å². The predicted molar refractivity (Wildman–Crippen MR) is 92.6 cm³/mol. The van der Waals surface area contributed by atoms with Gasteiger partial charge in [0, 0.05) is 19.1 Å². The van der Waals surface area contributed by atoms with Crippen LogP contribution < -0.4 is 10.6 Å². The van der Waals surface area contributed by atoms with Gasteiger partial charge in [-0.05, 0) is 45.8 Å². The van der Waals surface area contributed by atoms with Gasteiger partial charge in [0.25, 0.3) is 0 Å². The molecule has 1 aliphatic heterocycles. The molecule has 1 saturated carbocycles. The van der Waals surface area contributed by atoms with Crippen molar-refractivity contribution in [2.24, 2.45) is 5.92 Å². The van der Waals surface area contributed by atoms with Crippen LogP contribution in [0, 0.1) is 5.92 Å². The quantitative estimate of drug-likeness (QED) is 0.729. The molecule has 0 radical (unpaired) electrons. The monoisotopic (exact) mass is 339 g/mol. The van der Waals surface area contributed by atoms with Crippen LogP contribution in [0.4, 0.5) is 0 Å². The molecule has 1 heterocycles. The Hall–Kier alpha value is -0.0300. The molecule has 1 atom stereocenters. The van der Waals surface area contributed by atoms with Gasteiger partial charge < -0.3 is 15.5 Å². The minimum atomic E-state index is 0. The zero-order chi connectivity index (χ0) is 13.5. The number of carbonyl (C=O) groups is 1. The molecule has 1 amide bonds. The van der Waals surface area contributed by atoms with Crippen molar-refractivity contribution < 1.29 is 4.79 Å². The van der Waals surface area contributed by atoms with Crippen molar-refractivity contribution in [1.29, 1.82) is 0 Å². The van der Waals surface area contributed by atoms with Gasteiger partial charge in [-0.15, -0.1) is 24.8 Å². The average molecular weight is 340 g/mol. The number of rotatable bonds is 6. The first-order chi connectivity index (χ1) is 9.27. The minimum Gasteiger partial charge on any atom is -0.356 e. The van der Waals surface area contributed by atoms with Gasteiger partial charge >= 0.3 is 0 Å². The number of carbonyl (C=O) groups excluding carboxylic acids is 1. The summed E-state index contributed by atoms with van der Waals surface area (Å²) in [7, 11) is 2.23. The topological polar surface area (TPSA) is 44.4 Å². The van der Waals surface area contributed by atoms with E-state index in [4.69, 9.17) is 0 Å². The van der Waals surface area contributed by atoms with Crippen LogP contribution in [0.3, 0.4) is 0 Å². The molecule has 0 bridgehead atoms. The highest BCUT2D eigenvalue weighted by Crippen LogP contribution is 2.21. The number of amides is 1. The molecule has 1 unspecified atom stereocenters.